The van der Waals surface area contributed by atoms with Crippen LogP contribution in [0.3, 0.4) is 0 Å². The van der Waals surface area contributed by atoms with Crippen molar-refractivity contribution in [1.82, 2.24) is 15.2 Å². The predicted octanol–water partition coefficient (Wildman–Crippen LogP) is -0.0204. The van der Waals surface area contributed by atoms with Gasteiger partial charge in [-0.2, -0.15) is 0 Å². The summed E-state index contributed by atoms with van der Waals surface area (Å²) in [5, 5.41) is 7.50. The first-order chi connectivity index (χ1) is 15.3. The summed E-state index contributed by atoms with van der Waals surface area (Å²) >= 11 is 2.46. The fourth-order valence-corrected chi connectivity index (χ4v) is 4.81. The average molecular weight is 482 g/mol. The van der Waals surface area contributed by atoms with Gasteiger partial charge in [0.1, 0.15) is 29.9 Å². The Bertz CT molecular complexity index is 1030. The number of nitrogens with two attached hydrogens (primary N) is 1. The fraction of sp³-hybridized carbons (Fsp3) is 0.333. The smallest absolute Gasteiger partial charge is 0.358 e. The molecule has 1 saturated heterocycles. The number of thiazole rings is 1. The highest BCUT2D eigenvalue weighted by Crippen LogP contribution is 2.40. The summed E-state index contributed by atoms with van der Waals surface area (Å²) in [6.07, 6.45) is 1.45. The van der Waals surface area contributed by atoms with Gasteiger partial charge in [0, 0.05) is 18.1 Å². The van der Waals surface area contributed by atoms with Gasteiger partial charge in [-0.05, 0) is 5.57 Å². The Balaban J connectivity index is 1.75. The molecule has 3 rings (SSSR count). The minimum Gasteiger partial charge on any atom is -0.428 e. The molecule has 2 atom stereocenters. The standard InChI is InChI=1S/C18H19N5O7S2/c1-4-9-5-31-16-12(15(26)23(16)13(9)17(27)30-7-29-8(2)24)21-14(25)11(22-28-3)10-6-32-18(19)20-10/h4,6,12,16H,1,5,7H2,2-3H3,(H2,19,20)(H,21,25)/t12?,16-/m0/s1. The Morgan fingerprint density at radius 3 is 2.78 bits per heavy atom. The average Bonchev–Trinajstić information content (AvgIpc) is 3.19. The number of anilines is 1. The zero-order chi connectivity index (χ0) is 23.4. The van der Waals surface area contributed by atoms with Crippen molar-refractivity contribution in [1.29, 1.82) is 0 Å². The number of oxime groups is 1. The van der Waals surface area contributed by atoms with Gasteiger partial charge in [-0.15, -0.1) is 23.1 Å². The van der Waals surface area contributed by atoms with E-state index >= 15 is 0 Å². The van der Waals surface area contributed by atoms with E-state index in [2.05, 4.69) is 26.8 Å². The number of amides is 2. The molecule has 2 amide bonds. The zero-order valence-corrected chi connectivity index (χ0v) is 18.7. The number of nitrogen functional groups attached to an aromatic ring is 1. The van der Waals surface area contributed by atoms with E-state index in [4.69, 9.17) is 15.3 Å². The maximum absolute atomic E-state index is 12.8. The van der Waals surface area contributed by atoms with Crippen molar-refractivity contribution in [2.75, 3.05) is 25.4 Å². The molecule has 0 aromatic carbocycles. The predicted molar refractivity (Wildman–Crippen MR) is 115 cm³/mol. The van der Waals surface area contributed by atoms with E-state index in [0.717, 1.165) is 11.3 Å². The van der Waals surface area contributed by atoms with Crippen molar-refractivity contribution in [2.45, 2.75) is 18.3 Å². The number of hydrogen-bond acceptors (Lipinski definition) is 12. The number of nitrogens with one attached hydrogen (secondary N) is 1. The van der Waals surface area contributed by atoms with Gasteiger partial charge in [-0.25, -0.2) is 9.78 Å². The van der Waals surface area contributed by atoms with Crippen LogP contribution < -0.4 is 11.1 Å². The molecule has 32 heavy (non-hydrogen) atoms. The molecule has 1 aromatic heterocycles. The largest absolute Gasteiger partial charge is 0.428 e. The number of ether oxygens (including phenoxy) is 2. The molecule has 1 fully saturated rings. The first-order valence-electron chi connectivity index (χ1n) is 9.02. The molecular weight excluding hydrogens is 462 g/mol. The van der Waals surface area contributed by atoms with Crippen molar-refractivity contribution in [2.24, 2.45) is 5.16 Å². The second-order valence-corrected chi connectivity index (χ2v) is 8.31. The van der Waals surface area contributed by atoms with Gasteiger partial charge in [0.15, 0.2) is 10.8 Å². The Kier molecular flexibility index (Phi) is 7.15. The Morgan fingerprint density at radius 1 is 1.44 bits per heavy atom. The minimum absolute atomic E-state index is 0.00976. The summed E-state index contributed by atoms with van der Waals surface area (Å²) in [6, 6.07) is -0.923. The van der Waals surface area contributed by atoms with E-state index in [1.807, 2.05) is 0 Å². The summed E-state index contributed by atoms with van der Waals surface area (Å²) in [5.74, 6) is -2.32. The van der Waals surface area contributed by atoms with Crippen LogP contribution in [0.25, 0.3) is 0 Å². The van der Waals surface area contributed by atoms with E-state index in [1.165, 1.54) is 42.2 Å². The molecule has 0 aliphatic carbocycles. The number of thioether (sulfide) groups is 1. The third-order valence-corrected chi connectivity index (χ3v) is 6.31. The fourth-order valence-electron chi connectivity index (χ4n) is 2.92. The first kappa shape index (κ1) is 23.3. The summed E-state index contributed by atoms with van der Waals surface area (Å²) in [7, 11) is 1.27. The highest BCUT2D eigenvalue weighted by Gasteiger charge is 2.54. The summed E-state index contributed by atoms with van der Waals surface area (Å²) in [5.41, 5.74) is 6.15. The minimum atomic E-state index is -0.923. The first-order valence-corrected chi connectivity index (χ1v) is 11.0. The number of hydrogen-bond donors (Lipinski definition) is 2. The van der Waals surface area contributed by atoms with Crippen LogP contribution in [0.4, 0.5) is 5.13 Å². The van der Waals surface area contributed by atoms with Gasteiger partial charge >= 0.3 is 11.9 Å². The number of carbonyl (C=O) groups is 4. The third kappa shape index (κ3) is 4.60. The van der Waals surface area contributed by atoms with Crippen molar-refractivity contribution in [3.8, 4) is 0 Å². The lowest BCUT2D eigenvalue weighted by Crippen LogP contribution is -2.71. The molecular formula is C18H19N5O7S2. The number of fused-ring (bicyclic) bond motifs is 1. The number of allylic oxidation sites excluding steroid dienone is 1. The van der Waals surface area contributed by atoms with E-state index in [-0.39, 0.29) is 22.2 Å². The molecule has 0 spiro atoms. The van der Waals surface area contributed by atoms with Crippen LogP contribution in [0.2, 0.25) is 0 Å². The topological polar surface area (TPSA) is 163 Å². The van der Waals surface area contributed by atoms with Crippen LogP contribution in [0.5, 0.6) is 0 Å². The molecule has 0 saturated carbocycles. The molecule has 3 N–H and O–H groups in total. The maximum atomic E-state index is 12.8. The SMILES string of the molecule is C=CC1=C(C(=O)OCOC(C)=O)N2C(=O)C(NC(=O)C(=NOC)c3csc(N)n3)[C@@H]2SC1. The van der Waals surface area contributed by atoms with E-state index < -0.39 is 42.0 Å². The molecule has 0 bridgehead atoms. The van der Waals surface area contributed by atoms with Gasteiger partial charge in [-0.3, -0.25) is 19.3 Å². The lowest BCUT2D eigenvalue weighted by atomic mass is 10.0. The number of carbonyl (C=O) groups excluding carboxylic acids is 4. The number of nitrogens with zero attached hydrogens (tertiary/aromatic N) is 3. The number of esters is 2. The number of rotatable bonds is 8. The van der Waals surface area contributed by atoms with Crippen LogP contribution in [0.1, 0.15) is 12.6 Å². The lowest BCUT2D eigenvalue weighted by molar-refractivity contribution is -0.166. The maximum Gasteiger partial charge on any atom is 0.358 e. The molecule has 1 aromatic rings. The molecule has 1 unspecified atom stereocenters. The normalized spacial score (nSPS) is 20.1. The van der Waals surface area contributed by atoms with Crippen LogP contribution in [-0.4, -0.2) is 70.4 Å². The Morgan fingerprint density at radius 2 is 2.19 bits per heavy atom. The molecule has 3 heterocycles. The molecule has 12 nitrogen and oxygen atoms in total. The van der Waals surface area contributed by atoms with Crippen LogP contribution in [-0.2, 0) is 33.5 Å². The van der Waals surface area contributed by atoms with E-state index in [0.29, 0.717) is 11.3 Å². The zero-order valence-electron chi connectivity index (χ0n) is 17.0. The van der Waals surface area contributed by atoms with Gasteiger partial charge in [0.2, 0.25) is 6.79 Å². The van der Waals surface area contributed by atoms with Crippen molar-refractivity contribution >= 4 is 57.7 Å². The number of aromatic nitrogens is 1. The Labute approximate surface area is 190 Å². The summed E-state index contributed by atoms with van der Waals surface area (Å²) in [4.78, 5) is 59.0. The molecule has 2 aliphatic heterocycles. The third-order valence-electron chi connectivity index (χ3n) is 4.34. The van der Waals surface area contributed by atoms with Crippen LogP contribution in [0, 0.1) is 0 Å². The van der Waals surface area contributed by atoms with Gasteiger partial charge in [-0.1, -0.05) is 17.8 Å². The molecule has 0 radical (unpaired) electrons. The summed E-state index contributed by atoms with van der Waals surface area (Å²) < 4.78 is 9.55. The molecule has 2 aliphatic rings. The van der Waals surface area contributed by atoms with Gasteiger partial charge in [0.05, 0.1) is 0 Å². The molecule has 170 valence electrons. The van der Waals surface area contributed by atoms with E-state index in [1.54, 1.807) is 0 Å². The quantitative estimate of drug-likeness (QED) is 0.170. The second kappa shape index (κ2) is 9.82. The highest BCUT2D eigenvalue weighted by atomic mass is 32.2. The lowest BCUT2D eigenvalue weighted by Gasteiger charge is -2.49. The van der Waals surface area contributed by atoms with Gasteiger partial charge < -0.3 is 25.4 Å². The van der Waals surface area contributed by atoms with Crippen LogP contribution in [0.15, 0.2) is 34.5 Å². The monoisotopic (exact) mass is 481 g/mol. The van der Waals surface area contributed by atoms with Crippen LogP contribution >= 0.6 is 23.1 Å². The Hall–Kier alpha value is -3.39. The van der Waals surface area contributed by atoms with Gasteiger partial charge in [0.25, 0.3) is 11.8 Å². The summed E-state index contributed by atoms with van der Waals surface area (Å²) in [6.45, 7) is 4.24. The molecule has 14 heteroatoms. The second-order valence-electron chi connectivity index (χ2n) is 6.32. The van der Waals surface area contributed by atoms with Crippen molar-refractivity contribution < 1.29 is 33.5 Å². The van der Waals surface area contributed by atoms with Crippen molar-refractivity contribution in [3.63, 3.8) is 0 Å². The highest BCUT2D eigenvalue weighted by molar-refractivity contribution is 8.00. The van der Waals surface area contributed by atoms with Crippen molar-refractivity contribution in [3.05, 3.63) is 35.0 Å². The number of β-lactam (4-membered cyclic amide) rings is 1. The van der Waals surface area contributed by atoms with E-state index in [9.17, 15) is 19.2 Å².